The van der Waals surface area contributed by atoms with Crippen molar-refractivity contribution in [2.75, 3.05) is 5.75 Å². The number of nitrogens with zero attached hydrogens (tertiary/aromatic N) is 2. The maximum atomic E-state index is 13.5. The van der Waals surface area contributed by atoms with Gasteiger partial charge in [-0.25, -0.2) is 4.98 Å². The van der Waals surface area contributed by atoms with Crippen molar-refractivity contribution in [3.63, 3.8) is 0 Å². The summed E-state index contributed by atoms with van der Waals surface area (Å²) in [6.45, 7) is 4.34. The van der Waals surface area contributed by atoms with E-state index in [4.69, 9.17) is 4.52 Å². The highest BCUT2D eigenvalue weighted by atomic mass is 32.2. The van der Waals surface area contributed by atoms with Crippen molar-refractivity contribution in [2.24, 2.45) is 28.6 Å². The lowest BCUT2D eigenvalue weighted by atomic mass is 9.45. The van der Waals surface area contributed by atoms with Gasteiger partial charge in [0, 0.05) is 17.2 Å². The number of allylic oxidation sites excluding steroid dienone is 1. The molecule has 2 N–H and O–H groups in total. The summed E-state index contributed by atoms with van der Waals surface area (Å²) in [6.07, 6.45) is 9.61. The van der Waals surface area contributed by atoms with Crippen molar-refractivity contribution >= 4 is 23.6 Å². The molecule has 0 spiro atoms. The second kappa shape index (κ2) is 7.77. The third-order valence-corrected chi connectivity index (χ3v) is 10.8. The van der Waals surface area contributed by atoms with Gasteiger partial charge in [0.1, 0.15) is 5.60 Å². The molecule has 0 saturated heterocycles. The molecule has 180 valence electrons. The lowest BCUT2D eigenvalue weighted by molar-refractivity contribution is -0.177. The van der Waals surface area contributed by atoms with Gasteiger partial charge in [0.2, 0.25) is 0 Å². The molecule has 7 atom stereocenters. The molecular weight excluding hydrogens is 448 g/mol. The molecule has 0 aliphatic heterocycles. The Hall–Kier alpha value is -1.96. The van der Waals surface area contributed by atoms with E-state index in [0.29, 0.717) is 12.8 Å². The maximum absolute atomic E-state index is 13.5. The van der Waals surface area contributed by atoms with Crippen LogP contribution in [0.5, 0.6) is 0 Å². The number of hydrogen-bond donors (Lipinski definition) is 2. The van der Waals surface area contributed by atoms with Gasteiger partial charge in [-0.05, 0) is 79.9 Å². The largest absolute Gasteiger partial charge is 0.393 e. The standard InChI is InChI=1S/C27H32N2O4S/c1-25-12-16-14-29-33-21(16)11-17(25)6-7-18-19-8-9-27(32,26(19,2)13-20(30)24(18)25)22(31)15-34-23-5-3-4-10-28-23/h3-5,10-11,14,18-20,24,30,32H,6-9,12-13,15H2,1-2H3/t18?,19?,20-,24?,25-,26-,27-/m0/s1. The minimum Gasteiger partial charge on any atom is -0.393 e. The summed E-state index contributed by atoms with van der Waals surface area (Å²) in [4.78, 5) is 17.8. The van der Waals surface area contributed by atoms with Gasteiger partial charge >= 0.3 is 0 Å². The van der Waals surface area contributed by atoms with E-state index in [1.807, 2.05) is 24.4 Å². The summed E-state index contributed by atoms with van der Waals surface area (Å²) < 4.78 is 5.44. The monoisotopic (exact) mass is 480 g/mol. The summed E-state index contributed by atoms with van der Waals surface area (Å²) in [6, 6.07) is 5.64. The number of hydrogen-bond acceptors (Lipinski definition) is 7. The van der Waals surface area contributed by atoms with E-state index in [0.717, 1.165) is 42.0 Å². The third-order valence-electron chi connectivity index (χ3n) is 9.81. The fourth-order valence-electron chi connectivity index (χ4n) is 8.17. The molecule has 6 rings (SSSR count). The number of aromatic nitrogens is 2. The number of aliphatic hydroxyl groups is 2. The molecule has 2 heterocycles. The van der Waals surface area contributed by atoms with Crippen LogP contribution in [-0.4, -0.2) is 43.6 Å². The Bertz CT molecular complexity index is 1150. The lowest BCUT2D eigenvalue weighted by Gasteiger charge is -2.60. The topological polar surface area (TPSA) is 96.5 Å². The number of Topliss-reactive ketones (excluding diaryl/α,β-unsaturated/α-hetero) is 1. The number of thioether (sulfide) groups is 1. The Morgan fingerprint density at radius 1 is 1.29 bits per heavy atom. The minimum atomic E-state index is -1.41. The van der Waals surface area contributed by atoms with Gasteiger partial charge in [-0.3, -0.25) is 4.79 Å². The van der Waals surface area contributed by atoms with E-state index >= 15 is 0 Å². The molecule has 2 aromatic rings. The number of ketones is 1. The van der Waals surface area contributed by atoms with Crippen LogP contribution in [0.15, 0.2) is 45.7 Å². The predicted octanol–water partition coefficient (Wildman–Crippen LogP) is 4.32. The third kappa shape index (κ3) is 3.06. The number of carbonyl (C=O) groups is 1. The molecule has 7 heteroatoms. The molecule has 0 bridgehead atoms. The Morgan fingerprint density at radius 3 is 2.94 bits per heavy atom. The second-order valence-electron chi connectivity index (χ2n) is 11.3. The molecule has 6 nitrogen and oxygen atoms in total. The zero-order valence-electron chi connectivity index (χ0n) is 19.7. The normalized spacial score (nSPS) is 40.5. The van der Waals surface area contributed by atoms with Crippen molar-refractivity contribution < 1.29 is 19.5 Å². The smallest absolute Gasteiger partial charge is 0.175 e. The fourth-order valence-corrected chi connectivity index (χ4v) is 9.00. The Kier molecular flexibility index (Phi) is 5.14. The molecular formula is C27H32N2O4S. The highest BCUT2D eigenvalue weighted by Gasteiger charge is 2.68. The fraction of sp³-hybridized carbons (Fsp3) is 0.593. The van der Waals surface area contributed by atoms with Crippen LogP contribution >= 0.6 is 11.8 Å². The summed E-state index contributed by atoms with van der Waals surface area (Å²) in [7, 11) is 0. The van der Waals surface area contributed by atoms with Crippen molar-refractivity contribution in [3.05, 3.63) is 47.5 Å². The molecule has 4 aliphatic rings. The molecule has 0 aromatic carbocycles. The van der Waals surface area contributed by atoms with Gasteiger partial charge in [-0.15, -0.1) is 0 Å². The zero-order chi connectivity index (χ0) is 23.7. The number of rotatable bonds is 4. The quantitative estimate of drug-likeness (QED) is 0.629. The maximum Gasteiger partial charge on any atom is 0.175 e. The average Bonchev–Trinajstić information content (AvgIpc) is 3.37. The van der Waals surface area contributed by atoms with E-state index in [2.05, 4.69) is 30.1 Å². The number of pyridine rings is 1. The molecule has 2 aromatic heterocycles. The first-order valence-electron chi connectivity index (χ1n) is 12.4. The van der Waals surface area contributed by atoms with Gasteiger partial charge in [0.25, 0.3) is 0 Å². The molecule has 4 aliphatic carbocycles. The molecule has 3 unspecified atom stereocenters. The van der Waals surface area contributed by atoms with Gasteiger partial charge in [-0.2, -0.15) is 0 Å². The minimum absolute atomic E-state index is 0.106. The van der Waals surface area contributed by atoms with E-state index in [1.54, 1.807) is 6.20 Å². The molecule has 0 amide bonds. The van der Waals surface area contributed by atoms with Crippen LogP contribution in [0.3, 0.4) is 0 Å². The summed E-state index contributed by atoms with van der Waals surface area (Å²) >= 11 is 1.38. The van der Waals surface area contributed by atoms with Gasteiger partial charge in [0.15, 0.2) is 11.5 Å². The van der Waals surface area contributed by atoms with Crippen LogP contribution < -0.4 is 0 Å². The Morgan fingerprint density at radius 2 is 2.15 bits per heavy atom. The molecule has 0 radical (unpaired) electrons. The van der Waals surface area contributed by atoms with E-state index < -0.39 is 17.1 Å². The number of fused-ring (bicyclic) bond motifs is 6. The summed E-state index contributed by atoms with van der Waals surface area (Å²) in [5, 5.41) is 28.3. The van der Waals surface area contributed by atoms with Crippen molar-refractivity contribution in [1.29, 1.82) is 0 Å². The van der Waals surface area contributed by atoms with Crippen LogP contribution in [0.4, 0.5) is 0 Å². The van der Waals surface area contributed by atoms with Crippen LogP contribution in [-0.2, 0) is 11.2 Å². The number of carbonyl (C=O) groups excluding carboxylic acids is 1. The first kappa shape index (κ1) is 22.5. The number of aliphatic hydroxyl groups excluding tert-OH is 1. The summed E-state index contributed by atoms with van der Waals surface area (Å²) in [5.74, 6) is 1.52. The SMILES string of the molecule is C[C@]12Cc3cnoc3C=C1CCC1C2[C@@H](O)C[C@@]2(C)C1CC[C@]2(O)C(=O)CSc1ccccn1. The zero-order valence-corrected chi connectivity index (χ0v) is 20.6. The van der Waals surface area contributed by atoms with Gasteiger partial charge in [-0.1, -0.05) is 42.4 Å². The van der Waals surface area contributed by atoms with E-state index in [1.165, 1.54) is 17.3 Å². The Balaban J connectivity index is 1.28. The van der Waals surface area contributed by atoms with E-state index in [9.17, 15) is 15.0 Å². The van der Waals surface area contributed by atoms with Gasteiger partial charge < -0.3 is 14.7 Å². The lowest BCUT2D eigenvalue weighted by Crippen LogP contribution is -2.62. The van der Waals surface area contributed by atoms with Crippen molar-refractivity contribution in [1.82, 2.24) is 10.1 Å². The van der Waals surface area contributed by atoms with Crippen molar-refractivity contribution in [2.45, 2.75) is 69.1 Å². The Labute approximate surface area is 204 Å². The highest BCUT2D eigenvalue weighted by molar-refractivity contribution is 7.99. The van der Waals surface area contributed by atoms with E-state index in [-0.39, 0.29) is 34.7 Å². The predicted molar refractivity (Wildman–Crippen MR) is 129 cm³/mol. The molecule has 34 heavy (non-hydrogen) atoms. The van der Waals surface area contributed by atoms with Gasteiger partial charge in [0.05, 0.1) is 23.1 Å². The highest BCUT2D eigenvalue weighted by Crippen LogP contribution is 2.67. The van der Waals surface area contributed by atoms with Crippen LogP contribution in [0.25, 0.3) is 6.08 Å². The van der Waals surface area contributed by atoms with Crippen LogP contribution in [0.1, 0.15) is 57.3 Å². The second-order valence-corrected chi connectivity index (χ2v) is 12.3. The molecule has 3 saturated carbocycles. The van der Waals surface area contributed by atoms with Crippen molar-refractivity contribution in [3.8, 4) is 0 Å². The first-order valence-corrected chi connectivity index (χ1v) is 13.4. The average molecular weight is 481 g/mol. The molecule has 3 fully saturated rings. The van der Waals surface area contributed by atoms with Crippen LogP contribution in [0.2, 0.25) is 0 Å². The van der Waals surface area contributed by atoms with Crippen LogP contribution in [0, 0.1) is 28.6 Å². The summed E-state index contributed by atoms with van der Waals surface area (Å²) in [5.41, 5.74) is 0.274. The first-order chi connectivity index (χ1) is 16.3.